The lowest BCUT2D eigenvalue weighted by Gasteiger charge is -2.25. The van der Waals surface area contributed by atoms with Crippen LogP contribution in [0.25, 0.3) is 0 Å². The highest BCUT2D eigenvalue weighted by Gasteiger charge is 2.22. The Balaban J connectivity index is 2.31. The maximum Gasteiger partial charge on any atom is 0.150 e. The Labute approximate surface area is 103 Å². The normalized spacial score (nSPS) is 21.6. The van der Waals surface area contributed by atoms with Gasteiger partial charge in [-0.05, 0) is 27.2 Å². The van der Waals surface area contributed by atoms with E-state index in [0.29, 0.717) is 0 Å². The maximum absolute atomic E-state index is 6.14. The Kier molecular flexibility index (Phi) is 3.57. The predicted molar refractivity (Wildman–Crippen MR) is 69.3 cm³/mol. The minimum Gasteiger partial charge on any atom is -0.394 e. The number of hydrogen-bond donors (Lipinski definition) is 1. The maximum atomic E-state index is 6.14. The first-order valence-corrected chi connectivity index (χ1v) is 6.33. The molecule has 1 atom stereocenters. The van der Waals surface area contributed by atoms with Gasteiger partial charge in [0, 0.05) is 26.2 Å². The molecule has 0 aliphatic carbocycles. The number of rotatable bonds is 2. The predicted octanol–water partition coefficient (Wildman–Crippen LogP) is 1.41. The number of nitrogens with two attached hydrogens (primary N) is 1. The molecule has 0 spiro atoms. The van der Waals surface area contributed by atoms with Crippen LogP contribution in [0.15, 0.2) is 0 Å². The van der Waals surface area contributed by atoms with Gasteiger partial charge in [0.25, 0.3) is 0 Å². The van der Waals surface area contributed by atoms with Crippen LogP contribution in [0.3, 0.4) is 0 Å². The Morgan fingerprint density at radius 2 is 2.29 bits per heavy atom. The van der Waals surface area contributed by atoms with E-state index in [1.165, 1.54) is 0 Å². The monoisotopic (exact) mass is 238 g/mol. The third kappa shape index (κ3) is 2.39. The van der Waals surface area contributed by atoms with Gasteiger partial charge in [-0.1, -0.05) is 0 Å². The van der Waals surface area contributed by atoms with Crippen molar-refractivity contribution in [3.63, 3.8) is 0 Å². The van der Waals surface area contributed by atoms with Crippen LogP contribution in [-0.4, -0.2) is 35.6 Å². The Hall–Kier alpha value is -1.23. The summed E-state index contributed by atoms with van der Waals surface area (Å²) in [6.07, 6.45) is 1.29. The van der Waals surface area contributed by atoms with Gasteiger partial charge >= 0.3 is 0 Å². The molecular formula is C12H22N4O. The van der Waals surface area contributed by atoms with Crippen molar-refractivity contribution in [2.45, 2.75) is 39.8 Å². The van der Waals surface area contributed by atoms with E-state index in [1.54, 1.807) is 0 Å². The van der Waals surface area contributed by atoms with Gasteiger partial charge in [-0.2, -0.15) is 5.10 Å². The zero-order valence-electron chi connectivity index (χ0n) is 10.9. The lowest BCUT2D eigenvalue weighted by molar-refractivity contribution is 0.0820. The van der Waals surface area contributed by atoms with Gasteiger partial charge in [-0.3, -0.25) is 0 Å². The van der Waals surface area contributed by atoms with Gasteiger partial charge in [0.2, 0.25) is 0 Å². The second-order valence-corrected chi connectivity index (χ2v) is 4.62. The number of ether oxygens (including phenoxy) is 1. The van der Waals surface area contributed by atoms with E-state index in [2.05, 4.69) is 23.8 Å². The molecule has 1 aliphatic heterocycles. The van der Waals surface area contributed by atoms with Gasteiger partial charge in [0.05, 0.1) is 17.5 Å². The molecule has 1 aromatic heterocycles. The smallest absolute Gasteiger partial charge is 0.150 e. The van der Waals surface area contributed by atoms with Gasteiger partial charge in [-0.15, -0.1) is 0 Å². The third-order valence-corrected chi connectivity index (χ3v) is 3.20. The zero-order valence-corrected chi connectivity index (χ0v) is 10.9. The summed E-state index contributed by atoms with van der Waals surface area (Å²) in [5, 5.41) is 4.47. The molecule has 0 aromatic carbocycles. The van der Waals surface area contributed by atoms with Crippen molar-refractivity contribution in [1.29, 1.82) is 0 Å². The number of aromatic nitrogens is 2. The van der Waals surface area contributed by atoms with Gasteiger partial charge in [-0.25, -0.2) is 4.68 Å². The van der Waals surface area contributed by atoms with Crippen molar-refractivity contribution in [3.8, 4) is 0 Å². The molecule has 0 amide bonds. The van der Waals surface area contributed by atoms with Crippen molar-refractivity contribution < 1.29 is 4.74 Å². The van der Waals surface area contributed by atoms with E-state index in [0.717, 1.165) is 49.9 Å². The first-order chi connectivity index (χ1) is 8.13. The molecule has 1 aromatic rings. The van der Waals surface area contributed by atoms with Gasteiger partial charge < -0.3 is 15.4 Å². The molecule has 1 fully saturated rings. The van der Waals surface area contributed by atoms with Crippen molar-refractivity contribution in [3.05, 3.63) is 5.69 Å². The molecule has 5 heteroatoms. The zero-order chi connectivity index (χ0) is 12.4. The molecule has 1 saturated heterocycles. The average Bonchev–Trinajstić information content (AvgIpc) is 2.49. The molecule has 5 nitrogen and oxygen atoms in total. The van der Waals surface area contributed by atoms with E-state index in [9.17, 15) is 0 Å². The molecule has 96 valence electrons. The van der Waals surface area contributed by atoms with Crippen LogP contribution in [0.5, 0.6) is 0 Å². The summed E-state index contributed by atoms with van der Waals surface area (Å²) in [6.45, 7) is 9.70. The van der Waals surface area contributed by atoms with Crippen molar-refractivity contribution in [1.82, 2.24) is 9.78 Å². The molecule has 17 heavy (non-hydrogen) atoms. The van der Waals surface area contributed by atoms with Gasteiger partial charge in [0.15, 0.2) is 5.82 Å². The summed E-state index contributed by atoms with van der Waals surface area (Å²) in [6, 6.07) is 0. The van der Waals surface area contributed by atoms with Crippen LogP contribution < -0.4 is 10.6 Å². The summed E-state index contributed by atoms with van der Waals surface area (Å²) in [5.41, 5.74) is 7.86. The number of aryl methyl sites for hydroxylation is 2. The largest absolute Gasteiger partial charge is 0.394 e. The average molecular weight is 238 g/mol. The lowest BCUT2D eigenvalue weighted by atomic mass is 10.3. The first-order valence-electron chi connectivity index (χ1n) is 6.33. The van der Waals surface area contributed by atoms with Crippen LogP contribution in [0.4, 0.5) is 11.5 Å². The minimum absolute atomic E-state index is 0.248. The number of nitrogens with zero attached hydrogens (tertiary/aromatic N) is 3. The highest BCUT2D eigenvalue weighted by atomic mass is 16.5. The fraction of sp³-hybridized carbons (Fsp3) is 0.750. The van der Waals surface area contributed by atoms with E-state index in [4.69, 9.17) is 10.5 Å². The molecule has 1 unspecified atom stereocenters. The topological polar surface area (TPSA) is 56.3 Å². The molecule has 0 saturated carbocycles. The Bertz CT molecular complexity index is 388. The summed E-state index contributed by atoms with van der Waals surface area (Å²) in [7, 11) is 0. The first kappa shape index (κ1) is 12.2. The SMILES string of the molecule is CCn1nc(C)c(N)c1N1CCCOC(C)C1. The summed E-state index contributed by atoms with van der Waals surface area (Å²) in [5.74, 6) is 1.06. The molecule has 0 bridgehead atoms. The molecule has 0 radical (unpaired) electrons. The van der Waals surface area contributed by atoms with E-state index >= 15 is 0 Å². The molecule has 2 rings (SSSR count). The Morgan fingerprint density at radius 1 is 1.53 bits per heavy atom. The second-order valence-electron chi connectivity index (χ2n) is 4.62. The van der Waals surface area contributed by atoms with Crippen molar-refractivity contribution >= 4 is 11.5 Å². The lowest BCUT2D eigenvalue weighted by Crippen LogP contribution is -2.32. The quantitative estimate of drug-likeness (QED) is 0.846. The summed E-state index contributed by atoms with van der Waals surface area (Å²) >= 11 is 0. The standard InChI is InChI=1S/C12H22N4O/c1-4-16-12(11(13)10(3)14-16)15-6-5-7-17-9(2)8-15/h9H,4-8,13H2,1-3H3. The van der Waals surface area contributed by atoms with Crippen molar-refractivity contribution in [2.75, 3.05) is 30.3 Å². The summed E-state index contributed by atoms with van der Waals surface area (Å²) in [4.78, 5) is 2.30. The molecule has 1 aliphatic rings. The Morgan fingerprint density at radius 3 is 3.00 bits per heavy atom. The fourth-order valence-electron chi connectivity index (χ4n) is 2.32. The third-order valence-electron chi connectivity index (χ3n) is 3.20. The van der Waals surface area contributed by atoms with E-state index in [-0.39, 0.29) is 6.10 Å². The number of anilines is 2. The van der Waals surface area contributed by atoms with Crippen LogP contribution in [0.1, 0.15) is 26.0 Å². The van der Waals surface area contributed by atoms with Crippen LogP contribution in [0.2, 0.25) is 0 Å². The van der Waals surface area contributed by atoms with Crippen molar-refractivity contribution in [2.24, 2.45) is 0 Å². The number of nitrogen functional groups attached to an aromatic ring is 1. The number of hydrogen-bond acceptors (Lipinski definition) is 4. The molecular weight excluding hydrogens is 216 g/mol. The van der Waals surface area contributed by atoms with Gasteiger partial charge in [0.1, 0.15) is 0 Å². The highest BCUT2D eigenvalue weighted by molar-refractivity contribution is 5.66. The van der Waals surface area contributed by atoms with Crippen LogP contribution >= 0.6 is 0 Å². The van der Waals surface area contributed by atoms with Crippen LogP contribution in [-0.2, 0) is 11.3 Å². The van der Waals surface area contributed by atoms with Crippen LogP contribution in [0, 0.1) is 6.92 Å². The van der Waals surface area contributed by atoms with E-state index in [1.807, 2.05) is 11.6 Å². The minimum atomic E-state index is 0.248. The fourth-order valence-corrected chi connectivity index (χ4v) is 2.32. The second kappa shape index (κ2) is 4.96. The summed E-state index contributed by atoms with van der Waals surface area (Å²) < 4.78 is 7.65. The molecule has 2 N–H and O–H groups in total. The molecule has 2 heterocycles. The van der Waals surface area contributed by atoms with E-state index < -0.39 is 0 Å². The highest BCUT2D eigenvalue weighted by Crippen LogP contribution is 2.27.